The van der Waals surface area contributed by atoms with Crippen LogP contribution < -0.4 is 4.74 Å². The molecule has 140 valence electrons. The lowest BCUT2D eigenvalue weighted by molar-refractivity contribution is -0.213. The molecule has 0 aliphatic heterocycles. The first-order valence-corrected chi connectivity index (χ1v) is 8.00. The molecule has 1 unspecified atom stereocenters. The van der Waals surface area contributed by atoms with Crippen molar-refractivity contribution in [1.82, 2.24) is 0 Å². The molecule has 1 N–H and O–H groups in total. The van der Waals surface area contributed by atoms with Crippen LogP contribution in [0.1, 0.15) is 36.2 Å². The van der Waals surface area contributed by atoms with Crippen molar-refractivity contribution in [3.05, 3.63) is 64.3 Å². The molecule has 2 aromatic rings. The zero-order valence-corrected chi connectivity index (χ0v) is 13.9. The Bertz CT molecular complexity index is 1010. The summed E-state index contributed by atoms with van der Waals surface area (Å²) in [5, 5.41) is 10.6. The number of alkyl halides is 4. The van der Waals surface area contributed by atoms with Gasteiger partial charge >= 0.3 is 5.92 Å². The van der Waals surface area contributed by atoms with Crippen LogP contribution in [0.3, 0.4) is 0 Å². The molecule has 4 rings (SSSR count). The van der Waals surface area contributed by atoms with E-state index in [1.54, 1.807) is 0 Å². The average molecular weight is 381 g/mol. The summed E-state index contributed by atoms with van der Waals surface area (Å²) in [6.07, 6.45) is -2.82. The Hall–Kier alpha value is -2.66. The van der Waals surface area contributed by atoms with E-state index in [1.165, 1.54) is 6.07 Å². The van der Waals surface area contributed by atoms with Crippen molar-refractivity contribution in [2.75, 3.05) is 0 Å². The maximum absolute atomic E-state index is 14.9. The third kappa shape index (κ3) is 2.09. The predicted molar refractivity (Wildman–Crippen MR) is 84.9 cm³/mol. The van der Waals surface area contributed by atoms with Crippen molar-refractivity contribution in [3.8, 4) is 11.5 Å². The highest BCUT2D eigenvalue weighted by Crippen LogP contribution is 2.67. The van der Waals surface area contributed by atoms with Gasteiger partial charge in [0.2, 0.25) is 5.67 Å². The van der Waals surface area contributed by atoms with Gasteiger partial charge in [-0.25, -0.2) is 18.0 Å². The Balaban J connectivity index is 1.89. The number of ether oxygens (including phenoxy) is 1. The molecule has 0 aromatic heterocycles. The van der Waals surface area contributed by atoms with Crippen LogP contribution in [0, 0.1) is 12.4 Å². The third-order valence-corrected chi connectivity index (χ3v) is 5.32. The highest BCUT2D eigenvalue weighted by molar-refractivity contribution is 5.61. The number of hydrogen-bond acceptors (Lipinski definition) is 2. The van der Waals surface area contributed by atoms with Crippen molar-refractivity contribution in [2.45, 2.75) is 36.7 Å². The molecule has 0 spiro atoms. The standard InChI is InChI=1S/C19H12F5NO2/c1-17(22)18(26)8-13(21)15-14(4-3-12(16(15)18)19(17,23)24)27-11-6-9(20)5-10(7-11)25-2/h3-7,13,26H,8H2,1H3/t13-,17?,18+/m0/s1. The van der Waals surface area contributed by atoms with Gasteiger partial charge in [0.15, 0.2) is 5.69 Å². The van der Waals surface area contributed by atoms with E-state index < -0.39 is 46.7 Å². The van der Waals surface area contributed by atoms with Gasteiger partial charge in [-0.05, 0) is 31.2 Å². The molecule has 0 heterocycles. The van der Waals surface area contributed by atoms with Crippen molar-refractivity contribution in [2.24, 2.45) is 0 Å². The van der Waals surface area contributed by atoms with Crippen LogP contribution in [-0.4, -0.2) is 10.8 Å². The molecule has 0 fully saturated rings. The number of rotatable bonds is 2. The minimum absolute atomic E-state index is 0.0706. The molecule has 0 saturated carbocycles. The smallest absolute Gasteiger partial charge is 0.309 e. The van der Waals surface area contributed by atoms with Crippen LogP contribution >= 0.6 is 0 Å². The molecule has 0 amide bonds. The van der Waals surface area contributed by atoms with Gasteiger partial charge < -0.3 is 9.84 Å². The lowest BCUT2D eigenvalue weighted by Gasteiger charge is -2.34. The summed E-state index contributed by atoms with van der Waals surface area (Å²) in [5.41, 5.74) is -7.87. The highest BCUT2D eigenvalue weighted by Gasteiger charge is 2.75. The summed E-state index contributed by atoms with van der Waals surface area (Å²) in [5.74, 6) is -5.17. The Kier molecular flexibility index (Phi) is 3.41. The largest absolute Gasteiger partial charge is 0.458 e. The Morgan fingerprint density at radius 3 is 2.59 bits per heavy atom. The minimum atomic E-state index is -4.01. The third-order valence-electron chi connectivity index (χ3n) is 5.32. The lowest BCUT2D eigenvalue weighted by Crippen LogP contribution is -2.49. The zero-order chi connectivity index (χ0) is 19.8. The first-order chi connectivity index (χ1) is 12.5. The molecular weight excluding hydrogens is 369 g/mol. The highest BCUT2D eigenvalue weighted by atomic mass is 19.3. The normalized spacial score (nSPS) is 30.1. The number of aliphatic hydroxyl groups is 1. The summed E-state index contributed by atoms with van der Waals surface area (Å²) in [6, 6.07) is 5.00. The Labute approximate surface area is 150 Å². The molecular formula is C19H12F5NO2. The van der Waals surface area contributed by atoms with Gasteiger partial charge in [-0.3, -0.25) is 0 Å². The fourth-order valence-electron chi connectivity index (χ4n) is 3.91. The second-order valence-electron chi connectivity index (χ2n) is 6.87. The van der Waals surface area contributed by atoms with Crippen molar-refractivity contribution >= 4 is 5.69 Å². The monoisotopic (exact) mass is 381 g/mol. The van der Waals surface area contributed by atoms with Crippen LogP contribution in [-0.2, 0) is 11.5 Å². The van der Waals surface area contributed by atoms with Gasteiger partial charge in [-0.15, -0.1) is 0 Å². The summed E-state index contributed by atoms with van der Waals surface area (Å²) in [6.45, 7) is 7.48. The lowest BCUT2D eigenvalue weighted by atomic mass is 9.85. The van der Waals surface area contributed by atoms with Gasteiger partial charge in [0.1, 0.15) is 29.1 Å². The van der Waals surface area contributed by atoms with Crippen LogP contribution in [0.5, 0.6) is 11.5 Å². The molecule has 3 atom stereocenters. The SMILES string of the molecule is [C-]#[N+]c1cc(F)cc(Oc2ccc3c4c2[C@@H](F)C[C@]4(O)C(C)(F)C3(F)F)c1. The van der Waals surface area contributed by atoms with E-state index in [9.17, 15) is 27.1 Å². The molecule has 0 saturated heterocycles. The first-order valence-electron chi connectivity index (χ1n) is 8.00. The fraction of sp³-hybridized carbons (Fsp3) is 0.316. The summed E-state index contributed by atoms with van der Waals surface area (Å²) < 4.78 is 77.5. The number of hydrogen-bond donors (Lipinski definition) is 1. The van der Waals surface area contributed by atoms with Crippen LogP contribution in [0.15, 0.2) is 30.3 Å². The Morgan fingerprint density at radius 2 is 1.93 bits per heavy atom. The van der Waals surface area contributed by atoms with Crippen LogP contribution in [0.25, 0.3) is 4.85 Å². The maximum atomic E-state index is 14.9. The minimum Gasteiger partial charge on any atom is -0.458 e. The van der Waals surface area contributed by atoms with E-state index in [2.05, 4.69) is 4.85 Å². The van der Waals surface area contributed by atoms with Gasteiger partial charge in [-0.1, -0.05) is 0 Å². The quantitative estimate of drug-likeness (QED) is 0.542. The van der Waals surface area contributed by atoms with Crippen molar-refractivity contribution in [1.29, 1.82) is 0 Å². The van der Waals surface area contributed by atoms with Gasteiger partial charge in [0.05, 0.1) is 6.57 Å². The topological polar surface area (TPSA) is 33.8 Å². The second-order valence-corrected chi connectivity index (χ2v) is 6.87. The van der Waals surface area contributed by atoms with Crippen molar-refractivity contribution < 1.29 is 31.8 Å². The summed E-state index contributed by atoms with van der Waals surface area (Å²) in [4.78, 5) is 3.07. The predicted octanol–water partition coefficient (Wildman–Crippen LogP) is 5.60. The fourth-order valence-corrected chi connectivity index (χ4v) is 3.91. The van der Waals surface area contributed by atoms with E-state index in [0.717, 1.165) is 24.3 Å². The molecule has 0 bridgehead atoms. The number of nitrogens with zero attached hydrogens (tertiary/aromatic N) is 1. The first kappa shape index (κ1) is 17.7. The Morgan fingerprint density at radius 1 is 1.22 bits per heavy atom. The van der Waals surface area contributed by atoms with Crippen molar-refractivity contribution in [3.63, 3.8) is 0 Å². The van der Waals surface area contributed by atoms with E-state index in [1.807, 2.05) is 0 Å². The van der Waals surface area contributed by atoms with Crippen LogP contribution in [0.2, 0.25) is 0 Å². The van der Waals surface area contributed by atoms with E-state index >= 15 is 0 Å². The number of halogens is 5. The summed E-state index contributed by atoms with van der Waals surface area (Å²) >= 11 is 0. The number of benzene rings is 2. The average Bonchev–Trinajstić information content (AvgIpc) is 2.92. The molecule has 27 heavy (non-hydrogen) atoms. The molecule has 2 aliphatic carbocycles. The zero-order valence-electron chi connectivity index (χ0n) is 13.9. The molecule has 3 nitrogen and oxygen atoms in total. The maximum Gasteiger partial charge on any atom is 0.309 e. The second kappa shape index (κ2) is 5.20. The van der Waals surface area contributed by atoms with E-state index in [0.29, 0.717) is 6.92 Å². The summed E-state index contributed by atoms with van der Waals surface area (Å²) in [7, 11) is 0. The molecule has 8 heteroatoms. The molecule has 2 aromatic carbocycles. The van der Waals surface area contributed by atoms with E-state index in [-0.39, 0.29) is 22.7 Å². The van der Waals surface area contributed by atoms with Gasteiger partial charge in [0, 0.05) is 29.2 Å². The van der Waals surface area contributed by atoms with E-state index in [4.69, 9.17) is 11.3 Å². The van der Waals surface area contributed by atoms with Gasteiger partial charge in [0.25, 0.3) is 0 Å². The molecule has 0 radical (unpaired) electrons. The van der Waals surface area contributed by atoms with Crippen LogP contribution in [0.4, 0.5) is 27.6 Å². The molecule has 2 aliphatic rings. The van der Waals surface area contributed by atoms with Gasteiger partial charge in [-0.2, -0.15) is 8.78 Å².